The van der Waals surface area contributed by atoms with Crippen LogP contribution in [-0.2, 0) is 4.74 Å². The van der Waals surface area contributed by atoms with Crippen molar-refractivity contribution in [1.29, 1.82) is 0 Å². The van der Waals surface area contributed by atoms with Crippen molar-refractivity contribution in [2.24, 2.45) is 5.92 Å². The summed E-state index contributed by atoms with van der Waals surface area (Å²) < 4.78 is 5.58. The van der Waals surface area contributed by atoms with E-state index in [1.807, 2.05) is 30.3 Å². The summed E-state index contributed by atoms with van der Waals surface area (Å²) in [5.41, 5.74) is 0.733. The molecule has 1 aliphatic heterocycles. The third-order valence-electron chi connectivity index (χ3n) is 4.14. The van der Waals surface area contributed by atoms with Crippen LogP contribution in [0.4, 0.5) is 10.5 Å². The minimum absolute atomic E-state index is 0.0374. The molecule has 3 rings (SSSR count). The molecule has 2 aliphatic rings. The Morgan fingerprint density at radius 3 is 2.73 bits per heavy atom. The van der Waals surface area contributed by atoms with E-state index in [1.54, 1.807) is 0 Å². The van der Waals surface area contributed by atoms with Crippen LogP contribution >= 0.6 is 0 Å². The van der Waals surface area contributed by atoms with E-state index in [0.29, 0.717) is 13.2 Å². The van der Waals surface area contributed by atoms with Gasteiger partial charge < -0.3 is 25.8 Å². The van der Waals surface area contributed by atoms with Crippen LogP contribution in [0.1, 0.15) is 12.8 Å². The molecule has 4 N–H and O–H groups in total. The summed E-state index contributed by atoms with van der Waals surface area (Å²) in [4.78, 5) is 11.8. The molecular weight excluding hydrogens is 282 g/mol. The van der Waals surface area contributed by atoms with Gasteiger partial charge in [-0.3, -0.25) is 0 Å². The third-order valence-corrected chi connectivity index (χ3v) is 4.14. The van der Waals surface area contributed by atoms with E-state index in [2.05, 4.69) is 16.0 Å². The molecule has 1 aromatic rings. The van der Waals surface area contributed by atoms with E-state index in [-0.39, 0.29) is 18.2 Å². The Hall–Kier alpha value is -1.63. The van der Waals surface area contributed by atoms with Crippen LogP contribution in [0.5, 0.6) is 0 Å². The molecule has 6 heteroatoms. The van der Waals surface area contributed by atoms with Gasteiger partial charge in [-0.2, -0.15) is 0 Å². The second kappa shape index (κ2) is 7.09. The summed E-state index contributed by atoms with van der Waals surface area (Å²) in [6.45, 7) is 1.72. The zero-order valence-electron chi connectivity index (χ0n) is 12.5. The van der Waals surface area contributed by atoms with Crippen LogP contribution in [0.3, 0.4) is 0 Å². The van der Waals surface area contributed by atoms with Gasteiger partial charge in [-0.15, -0.1) is 0 Å². The number of aliphatic hydroxyl groups excluding tert-OH is 1. The zero-order valence-corrected chi connectivity index (χ0v) is 12.5. The Kier molecular flexibility index (Phi) is 4.92. The lowest BCUT2D eigenvalue weighted by atomic mass is 10.1. The van der Waals surface area contributed by atoms with Crippen molar-refractivity contribution in [3.8, 4) is 0 Å². The molecule has 2 fully saturated rings. The van der Waals surface area contributed by atoms with Crippen molar-refractivity contribution in [3.63, 3.8) is 0 Å². The van der Waals surface area contributed by atoms with Gasteiger partial charge in [-0.25, -0.2) is 4.79 Å². The summed E-state index contributed by atoms with van der Waals surface area (Å²) >= 11 is 0. The monoisotopic (exact) mass is 305 g/mol. The molecule has 22 heavy (non-hydrogen) atoms. The van der Waals surface area contributed by atoms with E-state index >= 15 is 0 Å². The summed E-state index contributed by atoms with van der Waals surface area (Å²) in [7, 11) is 0. The highest BCUT2D eigenvalue weighted by Gasteiger charge is 2.36. The van der Waals surface area contributed by atoms with Crippen LogP contribution in [0.2, 0.25) is 0 Å². The van der Waals surface area contributed by atoms with Crippen LogP contribution in [-0.4, -0.2) is 49.1 Å². The number of ether oxygens (including phenoxy) is 1. The van der Waals surface area contributed by atoms with Gasteiger partial charge >= 0.3 is 6.03 Å². The second-order valence-corrected chi connectivity index (χ2v) is 6.02. The maximum absolute atomic E-state index is 11.8. The topological polar surface area (TPSA) is 82.6 Å². The number of carbonyl (C=O) groups excluding carboxylic acids is 1. The number of urea groups is 1. The summed E-state index contributed by atoms with van der Waals surface area (Å²) in [5, 5.41) is 19.0. The van der Waals surface area contributed by atoms with Gasteiger partial charge in [0.05, 0.1) is 18.8 Å². The Morgan fingerprint density at radius 1 is 1.23 bits per heavy atom. The van der Waals surface area contributed by atoms with Gasteiger partial charge in [0.15, 0.2) is 0 Å². The lowest BCUT2D eigenvalue weighted by Crippen LogP contribution is -2.45. The molecular formula is C16H23N3O3. The van der Waals surface area contributed by atoms with Crippen molar-refractivity contribution in [1.82, 2.24) is 10.6 Å². The van der Waals surface area contributed by atoms with Gasteiger partial charge in [0.2, 0.25) is 0 Å². The number of amides is 2. The number of anilines is 1. The number of nitrogens with one attached hydrogen (secondary N) is 3. The van der Waals surface area contributed by atoms with Gasteiger partial charge in [-0.1, -0.05) is 18.2 Å². The number of hydrogen-bond acceptors (Lipinski definition) is 4. The molecule has 1 aliphatic carbocycles. The van der Waals surface area contributed by atoms with Crippen molar-refractivity contribution < 1.29 is 14.6 Å². The van der Waals surface area contributed by atoms with Crippen LogP contribution < -0.4 is 16.0 Å². The number of rotatable bonds is 6. The summed E-state index contributed by atoms with van der Waals surface area (Å²) in [5.74, 6) is 0.765. The molecule has 2 amide bonds. The van der Waals surface area contributed by atoms with E-state index in [9.17, 15) is 9.90 Å². The summed E-state index contributed by atoms with van der Waals surface area (Å²) in [6, 6.07) is 8.91. The number of benzene rings is 1. The molecule has 0 radical (unpaired) electrons. The average molecular weight is 305 g/mol. The molecule has 0 aromatic heterocycles. The smallest absolute Gasteiger partial charge is 0.319 e. The van der Waals surface area contributed by atoms with E-state index in [1.165, 1.54) is 12.8 Å². The maximum atomic E-state index is 11.8. The first kappa shape index (κ1) is 15.3. The fourth-order valence-corrected chi connectivity index (χ4v) is 2.57. The third kappa shape index (κ3) is 4.19. The first-order chi connectivity index (χ1) is 10.7. The molecule has 120 valence electrons. The molecule has 1 saturated heterocycles. The molecule has 6 nitrogen and oxygen atoms in total. The summed E-state index contributed by atoms with van der Waals surface area (Å²) in [6.07, 6.45) is 1.61. The van der Waals surface area contributed by atoms with Crippen LogP contribution in [0.25, 0.3) is 0 Å². The standard InChI is InChI=1S/C16H23N3O3/c20-15-13(17-8-11-6-7-11)10-22-14(15)9-18-16(21)19-12-4-2-1-3-5-12/h1-5,11,13-15,17,20H,6-10H2,(H2,18,19,21)/t13-,14-,15+/m1/s1. The second-order valence-electron chi connectivity index (χ2n) is 6.02. The average Bonchev–Trinajstić information content (AvgIpc) is 3.29. The maximum Gasteiger partial charge on any atom is 0.319 e. The van der Waals surface area contributed by atoms with Crippen molar-refractivity contribution >= 4 is 11.7 Å². The molecule has 0 unspecified atom stereocenters. The molecule has 0 bridgehead atoms. The quantitative estimate of drug-likeness (QED) is 0.630. The number of carbonyl (C=O) groups is 1. The van der Waals surface area contributed by atoms with Gasteiger partial charge in [0.25, 0.3) is 0 Å². The van der Waals surface area contributed by atoms with Crippen molar-refractivity contribution in [2.75, 3.05) is 25.0 Å². The number of para-hydroxylation sites is 1. The van der Waals surface area contributed by atoms with Crippen LogP contribution in [0, 0.1) is 5.92 Å². The van der Waals surface area contributed by atoms with Gasteiger partial charge in [-0.05, 0) is 37.4 Å². The number of aliphatic hydroxyl groups is 1. The van der Waals surface area contributed by atoms with E-state index in [0.717, 1.165) is 18.2 Å². The normalized spacial score (nSPS) is 27.6. The minimum atomic E-state index is -0.587. The number of hydrogen-bond donors (Lipinski definition) is 4. The molecule has 0 spiro atoms. The molecule has 1 saturated carbocycles. The zero-order chi connectivity index (χ0) is 15.4. The predicted octanol–water partition coefficient (Wildman–Crippen LogP) is 0.936. The molecule has 1 heterocycles. The van der Waals surface area contributed by atoms with Crippen LogP contribution in [0.15, 0.2) is 30.3 Å². The lowest BCUT2D eigenvalue weighted by Gasteiger charge is -2.19. The fraction of sp³-hybridized carbons (Fsp3) is 0.562. The van der Waals surface area contributed by atoms with E-state index in [4.69, 9.17) is 4.74 Å². The molecule has 1 aromatic carbocycles. The minimum Gasteiger partial charge on any atom is -0.389 e. The van der Waals surface area contributed by atoms with Gasteiger partial charge in [0, 0.05) is 12.2 Å². The Bertz CT molecular complexity index is 493. The highest BCUT2D eigenvalue weighted by molar-refractivity contribution is 5.89. The van der Waals surface area contributed by atoms with Crippen molar-refractivity contribution in [3.05, 3.63) is 30.3 Å². The predicted molar refractivity (Wildman–Crippen MR) is 83.7 cm³/mol. The van der Waals surface area contributed by atoms with Crippen molar-refractivity contribution in [2.45, 2.75) is 31.1 Å². The largest absolute Gasteiger partial charge is 0.389 e. The first-order valence-corrected chi connectivity index (χ1v) is 7.85. The Labute approximate surface area is 130 Å². The van der Waals surface area contributed by atoms with E-state index < -0.39 is 6.10 Å². The SMILES string of the molecule is O=C(NC[C@H]1OC[C@@H](NCC2CC2)[C@@H]1O)Nc1ccccc1. The lowest BCUT2D eigenvalue weighted by molar-refractivity contribution is 0.0428. The fourth-order valence-electron chi connectivity index (χ4n) is 2.57. The Balaban J connectivity index is 1.38. The molecule has 3 atom stereocenters. The van der Waals surface area contributed by atoms with Gasteiger partial charge in [0.1, 0.15) is 6.10 Å². The highest BCUT2D eigenvalue weighted by atomic mass is 16.5. The first-order valence-electron chi connectivity index (χ1n) is 7.85. The Morgan fingerprint density at radius 2 is 2.00 bits per heavy atom. The highest BCUT2D eigenvalue weighted by Crippen LogP contribution is 2.28.